The van der Waals surface area contributed by atoms with Crippen LogP contribution in [0, 0.1) is 25.7 Å². The van der Waals surface area contributed by atoms with Gasteiger partial charge in [-0.15, -0.1) is 48.1 Å². The third-order valence-corrected chi connectivity index (χ3v) is 14.2. The van der Waals surface area contributed by atoms with Crippen LogP contribution >= 0.6 is 0 Å². The van der Waals surface area contributed by atoms with Crippen LogP contribution in [0.2, 0.25) is 0 Å². The van der Waals surface area contributed by atoms with Crippen LogP contribution in [0.4, 0.5) is 22.7 Å². The van der Waals surface area contributed by atoms with Crippen molar-refractivity contribution >= 4 is 44.6 Å². The van der Waals surface area contributed by atoms with Crippen LogP contribution in [0.25, 0.3) is 72.1 Å². The predicted octanol–water partition coefficient (Wildman–Crippen LogP) is 18.5. The van der Waals surface area contributed by atoms with E-state index in [0.717, 1.165) is 78.0 Å². The molecule has 12 rings (SSSR count). The van der Waals surface area contributed by atoms with Crippen molar-refractivity contribution in [1.29, 1.82) is 0 Å². The van der Waals surface area contributed by atoms with Crippen molar-refractivity contribution < 1.29 is 29.9 Å². The smallest absolute Gasteiger partial charge is 0.135 e. The first kappa shape index (κ1) is 45.6. The van der Waals surface area contributed by atoms with Gasteiger partial charge in [0.15, 0.2) is 0 Å². The third kappa shape index (κ3) is 9.36. The van der Waals surface area contributed by atoms with Crippen molar-refractivity contribution in [2.75, 3.05) is 9.80 Å². The Morgan fingerprint density at radius 2 is 1.05 bits per heavy atom. The first-order chi connectivity index (χ1) is 37.1. The van der Waals surface area contributed by atoms with Gasteiger partial charge in [-0.25, -0.2) is 4.98 Å². The molecular weight excluding hydrogens is 1100 g/mol. The van der Waals surface area contributed by atoms with E-state index in [1.165, 1.54) is 11.1 Å². The van der Waals surface area contributed by atoms with E-state index < -0.39 is 6.85 Å². The maximum Gasteiger partial charge on any atom is 0.135 e. The zero-order valence-electron chi connectivity index (χ0n) is 45.8. The van der Waals surface area contributed by atoms with Gasteiger partial charge in [0.1, 0.15) is 5.82 Å². The van der Waals surface area contributed by atoms with Gasteiger partial charge in [0.25, 0.3) is 0 Å². The zero-order chi connectivity index (χ0) is 53.2. The van der Waals surface area contributed by atoms with Crippen molar-refractivity contribution in [3.8, 4) is 61.8 Å². The van der Waals surface area contributed by atoms with E-state index in [2.05, 4.69) is 216 Å². The van der Waals surface area contributed by atoms with Crippen LogP contribution in [-0.4, -0.2) is 9.55 Å². The summed E-state index contributed by atoms with van der Waals surface area (Å²) in [7, 11) is 0. The number of ether oxygens (including phenoxy) is 1. The molecule has 6 heteroatoms. The number of anilines is 4. The summed E-state index contributed by atoms with van der Waals surface area (Å²) in [6, 6.07) is 78.2. The average molecular weight is 1160 g/mol. The molecule has 0 fully saturated rings. The van der Waals surface area contributed by atoms with Gasteiger partial charge in [-0.05, 0) is 91.8 Å². The molecule has 372 valence electrons. The Labute approximate surface area is 460 Å². The zero-order valence-corrected chi connectivity index (χ0v) is 45.1. The van der Waals surface area contributed by atoms with Gasteiger partial charge in [0.05, 0.1) is 0 Å². The van der Waals surface area contributed by atoms with E-state index in [9.17, 15) is 0 Å². The number of benzene rings is 9. The Morgan fingerprint density at radius 1 is 0.493 bits per heavy atom. The number of nitrogens with zero attached hydrogens (tertiary/aromatic N) is 4. The van der Waals surface area contributed by atoms with E-state index >= 15 is 0 Å². The molecule has 0 aliphatic carbocycles. The maximum absolute atomic E-state index is 8.78. The summed E-state index contributed by atoms with van der Waals surface area (Å²) in [5, 5.41) is 1.90. The molecule has 0 radical (unpaired) electrons. The maximum atomic E-state index is 8.78. The first-order valence-electron chi connectivity index (χ1n) is 26.8. The SMILES string of the molecule is [2H]C([2H])([2H])c1cc(-n2c3[c-]c(Oc4[c-]c(N5[CH-]N(c6c(-c7ccccc7)cccc6-c6ccc(C(C)(C)C)cc6)c6ccccc65)ccc4)ccc3c3cc(-c4ccccc4)ccc32)ncc1-c1ccc(C(C)(C)C)cc1.[Pt]. The number of fused-ring (bicyclic) bond motifs is 4. The Kier molecular flexibility index (Phi) is 12.0. The Morgan fingerprint density at radius 3 is 1.69 bits per heavy atom. The summed E-state index contributed by atoms with van der Waals surface area (Å²) in [5.74, 6) is 1.44. The molecule has 0 spiro atoms. The molecular formula is C69H57N4OPt-3. The molecule has 0 saturated heterocycles. The molecule has 0 bridgehead atoms. The van der Waals surface area contributed by atoms with E-state index in [1.807, 2.05) is 59.2 Å². The monoisotopic (exact) mass is 1160 g/mol. The van der Waals surface area contributed by atoms with Crippen LogP contribution in [-0.2, 0) is 31.9 Å². The van der Waals surface area contributed by atoms with Gasteiger partial charge in [-0.3, -0.25) is 0 Å². The summed E-state index contributed by atoms with van der Waals surface area (Å²) in [6.45, 7) is 13.0. The molecule has 2 aromatic heterocycles. The number of aryl methyl sites for hydroxylation is 1. The van der Waals surface area contributed by atoms with Crippen LogP contribution in [0.5, 0.6) is 11.5 Å². The molecule has 0 saturated carbocycles. The largest absolute Gasteiger partial charge is 0.509 e. The molecule has 0 unspecified atom stereocenters. The van der Waals surface area contributed by atoms with Crippen molar-refractivity contribution in [3.63, 3.8) is 0 Å². The first-order valence-corrected chi connectivity index (χ1v) is 25.3. The standard InChI is InChI=1S/C69H57N4O.Pt/c1-46-40-66(70-44-61(46)50-30-35-53(36-31-50)69(5,6)7)73-62-39-32-51(47-18-10-8-11-19-47)41-60(62)59-38-37-56(43-65(59)73)74-55-23-16-22-54(42-55)71-45-72(64-27-15-14-26-63(64)71)67-57(48-20-12-9-13-21-48)24-17-25-58(67)49-28-33-52(34-29-49)68(2,3)4;/h8-41,44-45H,1-7H3;/q-3;/i1D3;. The van der Waals surface area contributed by atoms with E-state index in [-0.39, 0.29) is 37.5 Å². The van der Waals surface area contributed by atoms with Crippen LogP contribution in [0.15, 0.2) is 212 Å². The number of para-hydroxylation sites is 3. The molecule has 0 amide bonds. The van der Waals surface area contributed by atoms with Crippen molar-refractivity contribution in [2.24, 2.45) is 0 Å². The molecule has 0 N–H and O–H groups in total. The molecule has 1 aliphatic rings. The normalized spacial score (nSPS) is 13.3. The van der Waals surface area contributed by atoms with Gasteiger partial charge < -0.3 is 19.1 Å². The Hall–Kier alpha value is -7.98. The second-order valence-corrected chi connectivity index (χ2v) is 21.2. The summed E-state index contributed by atoms with van der Waals surface area (Å²) in [6.07, 6.45) is 1.69. The molecule has 3 heterocycles. The second-order valence-electron chi connectivity index (χ2n) is 21.2. The van der Waals surface area contributed by atoms with Gasteiger partial charge in [0, 0.05) is 82.1 Å². The van der Waals surface area contributed by atoms with E-state index in [4.69, 9.17) is 13.8 Å². The minimum absolute atomic E-state index is 0. The number of hydrogen-bond donors (Lipinski definition) is 0. The van der Waals surface area contributed by atoms with E-state index in [0.29, 0.717) is 28.4 Å². The molecule has 11 aromatic rings. The summed E-state index contributed by atoms with van der Waals surface area (Å²) in [5.41, 5.74) is 16.1. The van der Waals surface area contributed by atoms with Gasteiger partial charge >= 0.3 is 0 Å². The Balaban J connectivity index is 0.00000645. The van der Waals surface area contributed by atoms with Gasteiger partial charge in [0.2, 0.25) is 0 Å². The van der Waals surface area contributed by atoms with Crippen molar-refractivity contribution in [1.82, 2.24) is 9.55 Å². The molecule has 9 aromatic carbocycles. The Bertz CT molecular complexity index is 3990. The van der Waals surface area contributed by atoms with Crippen LogP contribution in [0.1, 0.15) is 62.3 Å². The minimum atomic E-state index is -2.43. The number of rotatable bonds is 9. The number of pyridine rings is 1. The quantitative estimate of drug-likeness (QED) is 0.135. The summed E-state index contributed by atoms with van der Waals surface area (Å²) >= 11 is 0. The van der Waals surface area contributed by atoms with Crippen LogP contribution < -0.4 is 14.5 Å². The fourth-order valence-electron chi connectivity index (χ4n) is 10.3. The van der Waals surface area contributed by atoms with E-state index in [1.54, 1.807) is 12.3 Å². The van der Waals surface area contributed by atoms with Gasteiger partial charge in [-0.1, -0.05) is 199 Å². The van der Waals surface area contributed by atoms with Crippen LogP contribution in [0.3, 0.4) is 0 Å². The number of hydrogen-bond acceptors (Lipinski definition) is 4. The predicted molar refractivity (Wildman–Crippen MR) is 308 cm³/mol. The molecule has 5 nitrogen and oxygen atoms in total. The second kappa shape index (κ2) is 19.7. The fraction of sp³-hybridized carbons (Fsp3) is 0.130. The van der Waals surface area contributed by atoms with Crippen molar-refractivity contribution in [2.45, 2.75) is 59.2 Å². The third-order valence-electron chi connectivity index (χ3n) is 14.2. The molecule has 1 aliphatic heterocycles. The summed E-state index contributed by atoms with van der Waals surface area (Å²) in [4.78, 5) is 9.50. The van der Waals surface area contributed by atoms with Crippen molar-refractivity contribution in [3.05, 3.63) is 248 Å². The molecule has 0 atom stereocenters. The summed E-state index contributed by atoms with van der Waals surface area (Å²) < 4.78 is 35.1. The number of aromatic nitrogens is 2. The van der Waals surface area contributed by atoms with Gasteiger partial charge in [-0.2, -0.15) is 12.1 Å². The average Bonchev–Trinajstić information content (AvgIpc) is 4.20. The fourth-order valence-corrected chi connectivity index (χ4v) is 10.3. The molecule has 75 heavy (non-hydrogen) atoms. The minimum Gasteiger partial charge on any atom is -0.509 e. The topological polar surface area (TPSA) is 33.5 Å².